The average Bonchev–Trinajstić information content (AvgIpc) is 3.34. The number of unbranched alkanes of at least 4 members (excludes halogenated alkanes) is 30. The summed E-state index contributed by atoms with van der Waals surface area (Å²) in [6, 6.07) is -0.832. The molecule has 68 heavy (non-hydrogen) atoms. The summed E-state index contributed by atoms with van der Waals surface area (Å²) in [5, 5.41) is 54.5. The van der Waals surface area contributed by atoms with Gasteiger partial charge in [0.1, 0.15) is 24.4 Å². The largest absolute Gasteiger partial charge is 0.394 e. The Labute approximate surface area is 417 Å². The van der Waals surface area contributed by atoms with Crippen molar-refractivity contribution in [2.45, 2.75) is 294 Å². The molecule has 0 bridgehead atoms. The zero-order chi connectivity index (χ0) is 49.4. The monoisotopic (exact) mass is 958 g/mol. The minimum atomic E-state index is -1.58. The molecule has 1 saturated heterocycles. The van der Waals surface area contributed by atoms with Gasteiger partial charge in [0, 0.05) is 6.42 Å². The van der Waals surface area contributed by atoms with Gasteiger partial charge in [-0.3, -0.25) is 4.79 Å². The van der Waals surface area contributed by atoms with Gasteiger partial charge < -0.3 is 40.3 Å². The fourth-order valence-corrected chi connectivity index (χ4v) is 8.77. The van der Waals surface area contributed by atoms with E-state index in [2.05, 4.69) is 67.8 Å². The zero-order valence-electron chi connectivity index (χ0n) is 43.9. The molecule has 6 N–H and O–H groups in total. The lowest BCUT2D eigenvalue weighted by atomic mass is 9.99. The SMILES string of the molecule is CCCCC/C=C\C/C=C\C/C=C\CCCCCCCCC(=O)NC(COC1OC(CO)C(O)C(O)C1O)C(O)/C=C/CC/C=C/CCCCCCCCCCCCCCCCCCCCCC. The Hall–Kier alpha value is -2.11. The van der Waals surface area contributed by atoms with Crippen molar-refractivity contribution in [2.24, 2.45) is 0 Å². The van der Waals surface area contributed by atoms with E-state index in [9.17, 15) is 30.3 Å². The highest BCUT2D eigenvalue weighted by molar-refractivity contribution is 5.76. The van der Waals surface area contributed by atoms with Crippen LogP contribution in [-0.2, 0) is 14.3 Å². The Morgan fingerprint density at radius 2 is 0.882 bits per heavy atom. The normalized spacial score (nSPS) is 20.0. The maximum Gasteiger partial charge on any atom is 0.220 e. The van der Waals surface area contributed by atoms with E-state index in [4.69, 9.17) is 9.47 Å². The number of carbonyl (C=O) groups is 1. The topological polar surface area (TPSA) is 149 Å². The number of aliphatic hydroxyl groups is 5. The minimum Gasteiger partial charge on any atom is -0.394 e. The van der Waals surface area contributed by atoms with Crippen LogP contribution in [0.5, 0.6) is 0 Å². The van der Waals surface area contributed by atoms with Crippen LogP contribution in [-0.4, -0.2) is 87.5 Å². The maximum absolute atomic E-state index is 13.0. The van der Waals surface area contributed by atoms with Crippen molar-refractivity contribution in [2.75, 3.05) is 13.2 Å². The molecule has 7 unspecified atom stereocenters. The fourth-order valence-electron chi connectivity index (χ4n) is 8.77. The highest BCUT2D eigenvalue weighted by Gasteiger charge is 2.44. The van der Waals surface area contributed by atoms with Crippen LogP contribution in [0.1, 0.15) is 251 Å². The van der Waals surface area contributed by atoms with Crippen LogP contribution in [0.25, 0.3) is 0 Å². The molecule has 7 atom stereocenters. The fraction of sp³-hybridized carbons (Fsp3) is 0.814. The van der Waals surface area contributed by atoms with Crippen LogP contribution >= 0.6 is 0 Å². The molecule has 0 spiro atoms. The highest BCUT2D eigenvalue weighted by atomic mass is 16.7. The van der Waals surface area contributed by atoms with Gasteiger partial charge in [0.25, 0.3) is 0 Å². The smallest absolute Gasteiger partial charge is 0.220 e. The molecule has 9 nitrogen and oxygen atoms in total. The Balaban J connectivity index is 2.27. The molecule has 0 aromatic carbocycles. The molecular formula is C59H107NO8. The summed E-state index contributed by atoms with van der Waals surface area (Å²) in [4.78, 5) is 13.0. The second-order valence-electron chi connectivity index (χ2n) is 19.7. The molecule has 1 rings (SSSR count). The first kappa shape index (κ1) is 63.9. The first-order valence-corrected chi connectivity index (χ1v) is 28.5. The number of ether oxygens (including phenoxy) is 2. The third-order valence-electron chi connectivity index (χ3n) is 13.3. The second kappa shape index (κ2) is 48.5. The van der Waals surface area contributed by atoms with Crippen molar-refractivity contribution >= 4 is 5.91 Å². The van der Waals surface area contributed by atoms with E-state index < -0.39 is 49.5 Å². The lowest BCUT2D eigenvalue weighted by molar-refractivity contribution is -0.302. The third kappa shape index (κ3) is 37.7. The molecule has 0 aromatic rings. The molecule has 9 heteroatoms. The number of aliphatic hydroxyl groups excluding tert-OH is 5. The molecule has 1 aliphatic heterocycles. The Morgan fingerprint density at radius 1 is 0.500 bits per heavy atom. The number of nitrogens with one attached hydrogen (secondary N) is 1. The van der Waals surface area contributed by atoms with Crippen LogP contribution in [0.15, 0.2) is 60.8 Å². The number of hydrogen-bond donors (Lipinski definition) is 6. The van der Waals surface area contributed by atoms with Gasteiger partial charge in [-0.1, -0.05) is 235 Å². The van der Waals surface area contributed by atoms with Crippen LogP contribution in [0.4, 0.5) is 0 Å². The van der Waals surface area contributed by atoms with Crippen molar-refractivity contribution in [3.8, 4) is 0 Å². The molecular weight excluding hydrogens is 851 g/mol. The number of carbonyl (C=O) groups excluding carboxylic acids is 1. The van der Waals surface area contributed by atoms with Gasteiger partial charge in [-0.05, 0) is 70.6 Å². The van der Waals surface area contributed by atoms with Crippen molar-refractivity contribution in [1.82, 2.24) is 5.32 Å². The van der Waals surface area contributed by atoms with E-state index in [1.54, 1.807) is 6.08 Å². The number of hydrogen-bond acceptors (Lipinski definition) is 8. The van der Waals surface area contributed by atoms with Gasteiger partial charge in [0.2, 0.25) is 5.91 Å². The standard InChI is InChI=1S/C59H107NO8/c1-3-5-7-9-11-13-15-17-19-21-23-24-25-26-27-28-29-31-32-34-36-38-40-42-44-46-48-53(62)52(51-67-59-58(66)57(65)56(64)54(50-61)68-59)60-55(63)49-47-45-43-41-39-37-35-33-30-22-20-18-16-14-12-10-8-6-4-2/h12,14,18,20,30,33,38,40,46,48,52-54,56-59,61-62,64-66H,3-11,13,15-17,19,21-29,31-32,34-37,39,41-45,47,49-51H2,1-2H3,(H,60,63)/b14-12-,20-18-,33-30-,40-38+,48-46+. The lowest BCUT2D eigenvalue weighted by Gasteiger charge is -2.40. The predicted octanol–water partition coefficient (Wildman–Crippen LogP) is 13.9. The molecule has 0 radical (unpaired) electrons. The number of allylic oxidation sites excluding steroid dienone is 9. The van der Waals surface area contributed by atoms with Crippen LogP contribution < -0.4 is 5.32 Å². The van der Waals surface area contributed by atoms with Gasteiger partial charge in [0.05, 0.1) is 25.4 Å². The molecule has 0 aliphatic carbocycles. The van der Waals surface area contributed by atoms with Gasteiger partial charge in [-0.15, -0.1) is 0 Å². The van der Waals surface area contributed by atoms with Crippen molar-refractivity contribution in [1.29, 1.82) is 0 Å². The van der Waals surface area contributed by atoms with E-state index in [0.717, 1.165) is 64.2 Å². The van der Waals surface area contributed by atoms with Crippen LogP contribution in [0.3, 0.4) is 0 Å². The van der Waals surface area contributed by atoms with E-state index in [-0.39, 0.29) is 12.5 Å². The van der Waals surface area contributed by atoms with Gasteiger partial charge in [-0.2, -0.15) is 0 Å². The Morgan fingerprint density at radius 3 is 1.37 bits per heavy atom. The molecule has 1 heterocycles. The summed E-state index contributed by atoms with van der Waals surface area (Å²) in [6.07, 6.45) is 58.6. The van der Waals surface area contributed by atoms with Gasteiger partial charge in [0.15, 0.2) is 6.29 Å². The Bertz CT molecular complexity index is 1250. The summed E-state index contributed by atoms with van der Waals surface area (Å²) >= 11 is 0. The highest BCUT2D eigenvalue weighted by Crippen LogP contribution is 2.23. The van der Waals surface area contributed by atoms with Gasteiger partial charge in [-0.25, -0.2) is 0 Å². The van der Waals surface area contributed by atoms with Crippen LogP contribution in [0, 0.1) is 0 Å². The van der Waals surface area contributed by atoms with Crippen LogP contribution in [0.2, 0.25) is 0 Å². The molecule has 0 saturated carbocycles. The predicted molar refractivity (Wildman–Crippen MR) is 286 cm³/mol. The summed E-state index contributed by atoms with van der Waals surface area (Å²) in [5.41, 5.74) is 0. The van der Waals surface area contributed by atoms with Crippen molar-refractivity contribution in [3.63, 3.8) is 0 Å². The first-order valence-electron chi connectivity index (χ1n) is 28.5. The molecule has 0 aromatic heterocycles. The average molecular weight is 959 g/mol. The summed E-state index contributed by atoms with van der Waals surface area (Å²) in [6.45, 7) is 3.74. The number of amides is 1. The molecule has 1 aliphatic rings. The van der Waals surface area contributed by atoms with Crippen molar-refractivity contribution < 1.29 is 39.8 Å². The summed E-state index contributed by atoms with van der Waals surface area (Å²) in [7, 11) is 0. The maximum atomic E-state index is 13.0. The van der Waals surface area contributed by atoms with E-state index >= 15 is 0 Å². The first-order chi connectivity index (χ1) is 33.3. The van der Waals surface area contributed by atoms with E-state index in [0.29, 0.717) is 6.42 Å². The Kier molecular flexibility index (Phi) is 45.6. The lowest BCUT2D eigenvalue weighted by Crippen LogP contribution is -2.60. The van der Waals surface area contributed by atoms with Gasteiger partial charge >= 0.3 is 0 Å². The summed E-state index contributed by atoms with van der Waals surface area (Å²) in [5.74, 6) is -0.199. The number of rotatable bonds is 48. The third-order valence-corrected chi connectivity index (χ3v) is 13.3. The zero-order valence-corrected chi connectivity index (χ0v) is 43.9. The molecule has 1 fully saturated rings. The molecule has 1 amide bonds. The second-order valence-corrected chi connectivity index (χ2v) is 19.7. The quantitative estimate of drug-likeness (QED) is 0.0261. The van der Waals surface area contributed by atoms with E-state index in [1.807, 2.05) is 6.08 Å². The van der Waals surface area contributed by atoms with E-state index in [1.165, 1.54) is 167 Å². The molecule has 396 valence electrons. The summed E-state index contributed by atoms with van der Waals surface area (Å²) < 4.78 is 11.2. The minimum absolute atomic E-state index is 0.199. The van der Waals surface area contributed by atoms with Crippen molar-refractivity contribution in [3.05, 3.63) is 60.8 Å².